The second kappa shape index (κ2) is 12.0. The normalized spacial score (nSPS) is 13.5. The monoisotopic (exact) mass is 548 g/mol. The summed E-state index contributed by atoms with van der Waals surface area (Å²) >= 11 is 6.98. The predicted octanol–water partition coefficient (Wildman–Crippen LogP) is 5.96. The predicted molar refractivity (Wildman–Crippen MR) is 153 cm³/mol. The molecular formula is C31H33ClN2O5. The molecule has 1 fully saturated rings. The first-order chi connectivity index (χ1) is 19.0. The fraction of sp³-hybridized carbons (Fsp3) is 0.323. The number of pyridine rings is 1. The Kier molecular flexibility index (Phi) is 8.29. The van der Waals surface area contributed by atoms with Gasteiger partial charge in [0, 0.05) is 31.4 Å². The second-order valence-electron chi connectivity index (χ2n) is 9.76. The number of halogens is 1. The van der Waals surface area contributed by atoms with E-state index in [0.29, 0.717) is 35.6 Å². The molecule has 7 nitrogen and oxygen atoms in total. The van der Waals surface area contributed by atoms with E-state index in [2.05, 4.69) is 4.90 Å². The molecule has 1 aliphatic rings. The van der Waals surface area contributed by atoms with Crippen molar-refractivity contribution in [1.82, 2.24) is 9.47 Å². The van der Waals surface area contributed by atoms with Crippen molar-refractivity contribution in [2.24, 2.45) is 7.05 Å². The van der Waals surface area contributed by atoms with Crippen molar-refractivity contribution in [3.05, 3.63) is 92.7 Å². The fourth-order valence-electron chi connectivity index (χ4n) is 4.91. The number of rotatable bonds is 10. The third-order valence-electron chi connectivity index (χ3n) is 7.10. The van der Waals surface area contributed by atoms with E-state index in [4.69, 9.17) is 30.5 Å². The summed E-state index contributed by atoms with van der Waals surface area (Å²) in [7, 11) is 5.19. The molecule has 0 spiro atoms. The van der Waals surface area contributed by atoms with Crippen molar-refractivity contribution in [1.29, 1.82) is 0 Å². The van der Waals surface area contributed by atoms with Crippen LogP contribution in [0.25, 0.3) is 10.9 Å². The van der Waals surface area contributed by atoms with Gasteiger partial charge in [0.1, 0.15) is 24.7 Å². The number of nitrogens with zero attached hydrogens (tertiary/aromatic N) is 2. The first-order valence-electron chi connectivity index (χ1n) is 13.1. The summed E-state index contributed by atoms with van der Waals surface area (Å²) in [5.74, 6) is 2.36. The Bertz CT molecular complexity index is 1490. The van der Waals surface area contributed by atoms with Crippen LogP contribution in [-0.4, -0.2) is 36.8 Å². The minimum atomic E-state index is -0.0731. The van der Waals surface area contributed by atoms with Crippen LogP contribution >= 0.6 is 11.6 Å². The Hall–Kier alpha value is -3.68. The molecule has 4 aromatic rings. The first-order valence-corrected chi connectivity index (χ1v) is 13.4. The zero-order valence-corrected chi connectivity index (χ0v) is 23.3. The van der Waals surface area contributed by atoms with Crippen LogP contribution in [0.5, 0.6) is 23.0 Å². The minimum Gasteiger partial charge on any atom is -0.497 e. The van der Waals surface area contributed by atoms with Crippen LogP contribution < -0.4 is 24.4 Å². The highest BCUT2D eigenvalue weighted by molar-refractivity contribution is 6.37. The smallest absolute Gasteiger partial charge is 0.195 e. The van der Waals surface area contributed by atoms with Crippen LogP contribution in [-0.2, 0) is 26.8 Å². The van der Waals surface area contributed by atoms with Crippen molar-refractivity contribution in [2.45, 2.75) is 32.6 Å². The van der Waals surface area contributed by atoms with Gasteiger partial charge in [0.15, 0.2) is 16.9 Å². The van der Waals surface area contributed by atoms with Gasteiger partial charge >= 0.3 is 0 Å². The molecule has 3 aromatic carbocycles. The van der Waals surface area contributed by atoms with Crippen LogP contribution in [0.2, 0.25) is 5.02 Å². The van der Waals surface area contributed by atoms with Crippen molar-refractivity contribution >= 4 is 22.5 Å². The van der Waals surface area contributed by atoms with Gasteiger partial charge in [0.25, 0.3) is 0 Å². The van der Waals surface area contributed by atoms with Crippen LogP contribution in [0, 0.1) is 0 Å². The van der Waals surface area contributed by atoms with Gasteiger partial charge in [0.2, 0.25) is 0 Å². The number of likely N-dealkylation sites (tertiary alicyclic amines) is 1. The summed E-state index contributed by atoms with van der Waals surface area (Å²) in [6.07, 6.45) is 4.23. The number of benzene rings is 3. The highest BCUT2D eigenvalue weighted by Gasteiger charge is 2.22. The van der Waals surface area contributed by atoms with E-state index in [0.717, 1.165) is 54.1 Å². The molecule has 204 valence electrons. The lowest BCUT2D eigenvalue weighted by Gasteiger charge is -2.20. The average Bonchev–Trinajstić information content (AvgIpc) is 3.47. The Labute approximate surface area is 233 Å². The first kappa shape index (κ1) is 26.9. The van der Waals surface area contributed by atoms with Gasteiger partial charge in [-0.05, 0) is 61.3 Å². The lowest BCUT2D eigenvalue weighted by Crippen LogP contribution is -2.24. The lowest BCUT2D eigenvalue weighted by atomic mass is 10.1. The minimum absolute atomic E-state index is 0.0731. The molecule has 0 unspecified atom stereocenters. The molecule has 39 heavy (non-hydrogen) atoms. The maximum atomic E-state index is 13.7. The molecule has 0 aliphatic carbocycles. The number of hydrogen-bond acceptors (Lipinski definition) is 6. The van der Waals surface area contributed by atoms with E-state index in [1.165, 1.54) is 0 Å². The maximum Gasteiger partial charge on any atom is 0.195 e. The number of methoxy groups -OCH3 is 2. The van der Waals surface area contributed by atoms with Crippen LogP contribution in [0.15, 0.2) is 65.6 Å². The molecule has 0 saturated carbocycles. The molecule has 1 aliphatic heterocycles. The largest absolute Gasteiger partial charge is 0.497 e. The zero-order valence-electron chi connectivity index (χ0n) is 22.5. The van der Waals surface area contributed by atoms with Crippen molar-refractivity contribution in [3.63, 3.8) is 0 Å². The molecule has 0 amide bonds. The fourth-order valence-corrected chi connectivity index (χ4v) is 5.24. The van der Waals surface area contributed by atoms with Crippen LogP contribution in [0.3, 0.4) is 0 Å². The van der Waals surface area contributed by atoms with Gasteiger partial charge < -0.3 is 23.5 Å². The van der Waals surface area contributed by atoms with E-state index in [9.17, 15) is 4.79 Å². The third-order valence-corrected chi connectivity index (χ3v) is 7.46. The molecule has 0 N–H and O–H groups in total. The van der Waals surface area contributed by atoms with E-state index < -0.39 is 0 Å². The molecule has 1 saturated heterocycles. The summed E-state index contributed by atoms with van der Waals surface area (Å²) in [5.41, 5.74) is 3.24. The van der Waals surface area contributed by atoms with Crippen molar-refractivity contribution in [3.8, 4) is 23.0 Å². The molecule has 2 heterocycles. The summed E-state index contributed by atoms with van der Waals surface area (Å²) in [6, 6.07) is 17.1. The van der Waals surface area contributed by atoms with Crippen molar-refractivity contribution in [2.75, 3.05) is 27.3 Å². The van der Waals surface area contributed by atoms with E-state index in [1.54, 1.807) is 14.2 Å². The Morgan fingerprint density at radius 3 is 1.97 bits per heavy atom. The van der Waals surface area contributed by atoms with Gasteiger partial charge in [-0.2, -0.15) is 0 Å². The number of ether oxygens (including phenoxy) is 4. The number of fused-ring (bicyclic) bond motifs is 1. The number of aromatic nitrogens is 1. The Morgan fingerprint density at radius 2 is 1.41 bits per heavy atom. The van der Waals surface area contributed by atoms with Crippen LogP contribution in [0.4, 0.5) is 0 Å². The van der Waals surface area contributed by atoms with E-state index in [1.807, 2.05) is 72.4 Å². The number of hydrogen-bond donors (Lipinski definition) is 0. The summed E-state index contributed by atoms with van der Waals surface area (Å²) in [6.45, 7) is 3.16. The third kappa shape index (κ3) is 6.00. The molecule has 8 heteroatoms. The summed E-state index contributed by atoms with van der Waals surface area (Å²) in [5, 5.41) is 0.701. The van der Waals surface area contributed by atoms with Gasteiger partial charge in [0.05, 0.1) is 30.1 Å². The summed E-state index contributed by atoms with van der Waals surface area (Å²) in [4.78, 5) is 16.0. The quantitative estimate of drug-likeness (QED) is 0.243. The summed E-state index contributed by atoms with van der Waals surface area (Å²) < 4.78 is 25.0. The standard InChI is InChI=1S/C31H33ClN2O5/c1-33-17-23(18-34-14-4-5-15-34)30(35)28-26(33)16-27(38-19-21-6-10-24(36-2)11-7-21)31(29(28)32)39-20-22-8-12-25(37-3)13-9-22/h6-13,16-17H,4-5,14-15,18-20H2,1-3H3. The van der Waals surface area contributed by atoms with Gasteiger partial charge in [-0.1, -0.05) is 35.9 Å². The van der Waals surface area contributed by atoms with Gasteiger partial charge in [-0.25, -0.2) is 0 Å². The van der Waals surface area contributed by atoms with E-state index >= 15 is 0 Å². The zero-order chi connectivity index (χ0) is 27.4. The lowest BCUT2D eigenvalue weighted by molar-refractivity contribution is 0.256. The Balaban J connectivity index is 1.52. The second-order valence-corrected chi connectivity index (χ2v) is 10.1. The molecule has 0 atom stereocenters. The Morgan fingerprint density at radius 1 is 0.846 bits per heavy atom. The maximum absolute atomic E-state index is 13.7. The number of aryl methyl sites for hydroxylation is 1. The molecule has 0 bridgehead atoms. The molecule has 5 rings (SSSR count). The van der Waals surface area contributed by atoms with Crippen LogP contribution in [0.1, 0.15) is 29.5 Å². The SMILES string of the molecule is COc1ccc(COc2cc3c(c(Cl)c2OCc2ccc(OC)cc2)c(=O)c(CN2CCCC2)cn3C)cc1. The highest BCUT2D eigenvalue weighted by atomic mass is 35.5. The van der Waals surface area contributed by atoms with Crippen molar-refractivity contribution < 1.29 is 18.9 Å². The van der Waals surface area contributed by atoms with E-state index in [-0.39, 0.29) is 17.1 Å². The van der Waals surface area contributed by atoms with Gasteiger partial charge in [-0.15, -0.1) is 0 Å². The highest BCUT2D eigenvalue weighted by Crippen LogP contribution is 2.41. The topological polar surface area (TPSA) is 62.2 Å². The molecular weight excluding hydrogens is 516 g/mol. The molecule has 0 radical (unpaired) electrons. The van der Waals surface area contributed by atoms with Gasteiger partial charge in [-0.3, -0.25) is 9.69 Å². The molecule has 1 aromatic heterocycles. The average molecular weight is 549 g/mol.